The van der Waals surface area contributed by atoms with Crippen LogP contribution in [0.1, 0.15) is 38.6 Å². The van der Waals surface area contributed by atoms with Gasteiger partial charge in [-0.15, -0.1) is 10.2 Å². The van der Waals surface area contributed by atoms with Crippen molar-refractivity contribution in [2.45, 2.75) is 51.8 Å². The van der Waals surface area contributed by atoms with Crippen LogP contribution in [0.5, 0.6) is 0 Å². The predicted octanol–water partition coefficient (Wildman–Crippen LogP) is 2.50. The molecule has 1 aromatic heterocycles. The third kappa shape index (κ3) is 4.12. The summed E-state index contributed by atoms with van der Waals surface area (Å²) in [5, 5.41) is 8.60. The first kappa shape index (κ1) is 14.7. The number of likely N-dealkylation sites (tertiary alicyclic amines) is 1. The van der Waals surface area contributed by atoms with Crippen molar-refractivity contribution in [3.63, 3.8) is 0 Å². The summed E-state index contributed by atoms with van der Waals surface area (Å²) in [7, 11) is 0. The number of rotatable bonds is 3. The van der Waals surface area contributed by atoms with Gasteiger partial charge in [0.25, 0.3) is 0 Å². The van der Waals surface area contributed by atoms with Gasteiger partial charge in [0, 0.05) is 0 Å². The van der Waals surface area contributed by atoms with Crippen molar-refractivity contribution in [2.24, 2.45) is 0 Å². The fraction of sp³-hybridized carbons (Fsp3) is 0.750. The molecule has 0 radical (unpaired) electrons. The number of halogens is 1. The molecule has 0 bridgehead atoms. The van der Waals surface area contributed by atoms with E-state index in [1.54, 1.807) is 0 Å². The van der Waals surface area contributed by atoms with Crippen LogP contribution in [0.15, 0.2) is 0 Å². The molecule has 106 valence electrons. The van der Waals surface area contributed by atoms with E-state index in [1.165, 1.54) is 11.3 Å². The Morgan fingerprint density at radius 1 is 1.53 bits per heavy atom. The number of nitrogens with zero attached hydrogens (tertiary/aromatic N) is 3. The van der Waals surface area contributed by atoms with Crippen LogP contribution < -0.4 is 0 Å². The molecule has 2 rings (SSSR count). The maximum absolute atomic E-state index is 12.1. The van der Waals surface area contributed by atoms with Gasteiger partial charge in [-0.3, -0.25) is 9.69 Å². The van der Waals surface area contributed by atoms with Gasteiger partial charge < -0.3 is 4.74 Å². The summed E-state index contributed by atoms with van der Waals surface area (Å²) in [5.74, 6) is -0.152. The van der Waals surface area contributed by atoms with E-state index in [0.717, 1.165) is 24.4 Å². The van der Waals surface area contributed by atoms with Crippen LogP contribution in [0.2, 0.25) is 4.47 Å². The first-order valence-electron chi connectivity index (χ1n) is 6.30. The molecule has 0 unspecified atom stereocenters. The number of hydrogen-bond acceptors (Lipinski definition) is 6. The highest BCUT2D eigenvalue weighted by atomic mass is 35.5. The first-order chi connectivity index (χ1) is 8.85. The monoisotopic (exact) mass is 303 g/mol. The molecule has 1 atom stereocenters. The number of esters is 1. The van der Waals surface area contributed by atoms with Crippen LogP contribution in [0, 0.1) is 0 Å². The smallest absolute Gasteiger partial charge is 0.323 e. The number of aromatic nitrogens is 2. The van der Waals surface area contributed by atoms with Crippen molar-refractivity contribution in [2.75, 3.05) is 6.54 Å². The van der Waals surface area contributed by atoms with E-state index in [4.69, 9.17) is 16.3 Å². The molecule has 1 aromatic rings. The zero-order valence-corrected chi connectivity index (χ0v) is 12.9. The Morgan fingerprint density at radius 2 is 2.26 bits per heavy atom. The SMILES string of the molecule is CC(C)(C)OC(=O)[C@H]1CCCN1Cc1nnc(Cl)s1. The molecule has 1 saturated heterocycles. The van der Waals surface area contributed by atoms with Gasteiger partial charge in [-0.05, 0) is 51.8 Å². The zero-order chi connectivity index (χ0) is 14.0. The van der Waals surface area contributed by atoms with E-state index in [1.807, 2.05) is 20.8 Å². The maximum Gasteiger partial charge on any atom is 0.323 e. The topological polar surface area (TPSA) is 55.3 Å². The van der Waals surface area contributed by atoms with E-state index in [0.29, 0.717) is 11.0 Å². The molecule has 1 aliphatic heterocycles. The van der Waals surface area contributed by atoms with Gasteiger partial charge in [0.1, 0.15) is 16.7 Å². The van der Waals surface area contributed by atoms with Crippen molar-refractivity contribution in [3.8, 4) is 0 Å². The summed E-state index contributed by atoms with van der Waals surface area (Å²) in [6.07, 6.45) is 1.83. The summed E-state index contributed by atoms with van der Waals surface area (Å²) >= 11 is 7.12. The third-order valence-electron chi connectivity index (χ3n) is 2.82. The van der Waals surface area contributed by atoms with Crippen molar-refractivity contribution < 1.29 is 9.53 Å². The summed E-state index contributed by atoms with van der Waals surface area (Å²) in [5.41, 5.74) is -0.447. The fourth-order valence-corrected chi connectivity index (χ4v) is 3.02. The van der Waals surface area contributed by atoms with E-state index in [2.05, 4.69) is 15.1 Å². The molecular weight excluding hydrogens is 286 g/mol. The van der Waals surface area contributed by atoms with Gasteiger partial charge >= 0.3 is 5.97 Å². The predicted molar refractivity (Wildman–Crippen MR) is 74.2 cm³/mol. The lowest BCUT2D eigenvalue weighted by Crippen LogP contribution is -2.40. The van der Waals surface area contributed by atoms with Gasteiger partial charge in [0.2, 0.25) is 4.47 Å². The second-order valence-corrected chi connectivity index (χ2v) is 7.25. The zero-order valence-electron chi connectivity index (χ0n) is 11.4. The van der Waals surface area contributed by atoms with E-state index in [-0.39, 0.29) is 12.0 Å². The molecule has 1 aliphatic rings. The Kier molecular flexibility index (Phi) is 4.43. The molecule has 0 N–H and O–H groups in total. The van der Waals surface area contributed by atoms with Gasteiger partial charge in [-0.25, -0.2) is 0 Å². The number of carbonyl (C=O) groups is 1. The molecule has 0 saturated carbocycles. The normalized spacial score (nSPS) is 20.7. The van der Waals surface area contributed by atoms with Crippen LogP contribution in [-0.4, -0.2) is 39.3 Å². The lowest BCUT2D eigenvalue weighted by Gasteiger charge is -2.26. The van der Waals surface area contributed by atoms with Crippen molar-refractivity contribution >= 4 is 28.9 Å². The first-order valence-corrected chi connectivity index (χ1v) is 7.49. The average molecular weight is 304 g/mol. The molecule has 1 fully saturated rings. The minimum atomic E-state index is -0.447. The Labute approximate surface area is 121 Å². The standard InChI is InChI=1S/C12H18ClN3O2S/c1-12(2,3)18-10(17)8-5-4-6-16(8)7-9-14-15-11(13)19-9/h8H,4-7H2,1-3H3/t8-/m1/s1. The van der Waals surface area contributed by atoms with Crippen molar-refractivity contribution in [1.29, 1.82) is 0 Å². The Morgan fingerprint density at radius 3 is 2.84 bits per heavy atom. The van der Waals surface area contributed by atoms with Crippen LogP contribution in [0.3, 0.4) is 0 Å². The minimum Gasteiger partial charge on any atom is -0.459 e. The maximum atomic E-state index is 12.1. The lowest BCUT2D eigenvalue weighted by atomic mass is 10.1. The Balaban J connectivity index is 1.98. The molecule has 7 heteroatoms. The van der Waals surface area contributed by atoms with Crippen LogP contribution in [0.25, 0.3) is 0 Å². The summed E-state index contributed by atoms with van der Waals surface area (Å²) in [4.78, 5) is 14.2. The Hall–Kier alpha value is -0.720. The summed E-state index contributed by atoms with van der Waals surface area (Å²) in [6.45, 7) is 7.13. The van der Waals surface area contributed by atoms with Gasteiger partial charge in [-0.1, -0.05) is 11.3 Å². The fourth-order valence-electron chi connectivity index (χ4n) is 2.12. The molecule has 5 nitrogen and oxygen atoms in total. The van der Waals surface area contributed by atoms with Gasteiger partial charge in [-0.2, -0.15) is 0 Å². The molecule has 0 aromatic carbocycles. The summed E-state index contributed by atoms with van der Waals surface area (Å²) < 4.78 is 5.89. The second kappa shape index (κ2) is 5.73. The van der Waals surface area contributed by atoms with Crippen molar-refractivity contribution in [3.05, 3.63) is 9.47 Å². The largest absolute Gasteiger partial charge is 0.459 e. The number of ether oxygens (including phenoxy) is 1. The highest BCUT2D eigenvalue weighted by Gasteiger charge is 2.34. The van der Waals surface area contributed by atoms with E-state index < -0.39 is 5.60 Å². The van der Waals surface area contributed by atoms with Gasteiger partial charge in [0.05, 0.1) is 6.54 Å². The number of hydrogen-bond donors (Lipinski definition) is 0. The summed E-state index contributed by atoms with van der Waals surface area (Å²) in [6, 6.07) is -0.179. The molecule has 0 amide bonds. The van der Waals surface area contributed by atoms with Crippen molar-refractivity contribution in [1.82, 2.24) is 15.1 Å². The van der Waals surface area contributed by atoms with E-state index >= 15 is 0 Å². The number of carbonyl (C=O) groups excluding carboxylic acids is 1. The van der Waals surface area contributed by atoms with E-state index in [9.17, 15) is 4.79 Å². The second-order valence-electron chi connectivity index (χ2n) is 5.61. The molecule has 19 heavy (non-hydrogen) atoms. The average Bonchev–Trinajstić information content (AvgIpc) is 2.86. The van der Waals surface area contributed by atoms with Crippen LogP contribution in [-0.2, 0) is 16.1 Å². The minimum absolute atomic E-state index is 0.152. The van der Waals surface area contributed by atoms with Crippen LogP contribution in [0.4, 0.5) is 0 Å². The lowest BCUT2D eigenvalue weighted by molar-refractivity contribution is -0.160. The quantitative estimate of drug-likeness (QED) is 0.803. The molecule has 0 aliphatic carbocycles. The third-order valence-corrected chi connectivity index (χ3v) is 3.83. The van der Waals surface area contributed by atoms with Gasteiger partial charge in [0.15, 0.2) is 0 Å². The highest BCUT2D eigenvalue weighted by molar-refractivity contribution is 7.15. The van der Waals surface area contributed by atoms with Crippen LogP contribution >= 0.6 is 22.9 Å². The molecular formula is C12H18ClN3O2S. The molecule has 2 heterocycles. The molecule has 0 spiro atoms. The Bertz CT molecular complexity index is 458. The highest BCUT2D eigenvalue weighted by Crippen LogP contribution is 2.25.